The van der Waals surface area contributed by atoms with Crippen molar-refractivity contribution in [2.24, 2.45) is 0 Å². The predicted octanol–water partition coefficient (Wildman–Crippen LogP) is 3.31. The van der Waals surface area contributed by atoms with E-state index in [1.165, 1.54) is 12.3 Å². The van der Waals surface area contributed by atoms with Crippen LogP contribution in [0, 0.1) is 12.7 Å². The average molecular weight is 266 g/mol. The third-order valence-electron chi connectivity index (χ3n) is 3.11. The molecular weight excluding hydrogens is 255 g/mol. The number of ketones is 1. The van der Waals surface area contributed by atoms with Gasteiger partial charge in [-0.1, -0.05) is 18.2 Å². The molecule has 0 saturated carbocycles. The number of hydrogen-bond acceptors (Lipinski definition) is 3. The number of benzene rings is 1. The summed E-state index contributed by atoms with van der Waals surface area (Å²) < 4.78 is 13.7. The van der Waals surface area contributed by atoms with E-state index in [0.29, 0.717) is 5.56 Å². The number of hydrogen-bond donors (Lipinski definition) is 0. The maximum atomic E-state index is 13.7. The third kappa shape index (κ3) is 2.05. The number of aromatic nitrogens is 2. The Hall–Kier alpha value is -2.62. The average Bonchev–Trinajstić information content (AvgIpc) is 2.46. The number of carbonyl (C=O) groups is 1. The number of carbonyl (C=O) groups excluding carboxylic acids is 1. The van der Waals surface area contributed by atoms with E-state index in [-0.39, 0.29) is 11.3 Å². The van der Waals surface area contributed by atoms with Gasteiger partial charge in [0.05, 0.1) is 17.3 Å². The first-order chi connectivity index (χ1) is 9.66. The van der Waals surface area contributed by atoms with Crippen molar-refractivity contribution < 1.29 is 9.18 Å². The van der Waals surface area contributed by atoms with Gasteiger partial charge in [-0.15, -0.1) is 0 Å². The van der Waals surface area contributed by atoms with Gasteiger partial charge in [0.15, 0.2) is 11.6 Å². The molecular formula is C16H11FN2O. The highest BCUT2D eigenvalue weighted by atomic mass is 19.1. The van der Waals surface area contributed by atoms with Crippen LogP contribution in [0.5, 0.6) is 0 Å². The van der Waals surface area contributed by atoms with Crippen molar-refractivity contribution >= 4 is 16.7 Å². The van der Waals surface area contributed by atoms with Crippen LogP contribution in [0.1, 0.15) is 21.6 Å². The van der Waals surface area contributed by atoms with Crippen LogP contribution >= 0.6 is 0 Å². The lowest BCUT2D eigenvalue weighted by Gasteiger charge is -2.07. The van der Waals surface area contributed by atoms with E-state index < -0.39 is 5.82 Å². The Morgan fingerprint density at radius 3 is 2.75 bits per heavy atom. The molecule has 3 nitrogen and oxygen atoms in total. The SMILES string of the molecule is Cc1cc(C(=O)c2ccncc2F)c2ccccc2n1. The van der Waals surface area contributed by atoms with Crippen molar-refractivity contribution in [2.45, 2.75) is 6.92 Å². The van der Waals surface area contributed by atoms with Gasteiger partial charge in [-0.3, -0.25) is 14.8 Å². The highest BCUT2D eigenvalue weighted by Crippen LogP contribution is 2.22. The molecule has 0 N–H and O–H groups in total. The van der Waals surface area contributed by atoms with E-state index in [9.17, 15) is 9.18 Å². The van der Waals surface area contributed by atoms with Gasteiger partial charge in [0, 0.05) is 22.8 Å². The minimum atomic E-state index is -0.615. The molecule has 0 spiro atoms. The summed E-state index contributed by atoms with van der Waals surface area (Å²) >= 11 is 0. The molecule has 1 aromatic carbocycles. The molecule has 0 fully saturated rings. The molecule has 2 heterocycles. The van der Waals surface area contributed by atoms with E-state index in [1.807, 2.05) is 31.2 Å². The maximum absolute atomic E-state index is 13.7. The Kier molecular flexibility index (Phi) is 2.99. The van der Waals surface area contributed by atoms with Crippen molar-refractivity contribution in [3.63, 3.8) is 0 Å². The third-order valence-corrected chi connectivity index (χ3v) is 3.11. The first-order valence-electron chi connectivity index (χ1n) is 6.17. The second-order valence-corrected chi connectivity index (χ2v) is 4.51. The number of fused-ring (bicyclic) bond motifs is 1. The Labute approximate surface area is 115 Å². The molecule has 2 aromatic heterocycles. The molecule has 0 aliphatic heterocycles. The summed E-state index contributed by atoms with van der Waals surface area (Å²) in [5.41, 5.74) is 1.93. The summed E-state index contributed by atoms with van der Waals surface area (Å²) in [4.78, 5) is 20.6. The molecule has 0 radical (unpaired) electrons. The van der Waals surface area contributed by atoms with Gasteiger partial charge in [0.1, 0.15) is 0 Å². The van der Waals surface area contributed by atoms with Crippen LogP contribution in [0.15, 0.2) is 48.8 Å². The van der Waals surface area contributed by atoms with Crippen molar-refractivity contribution in [1.82, 2.24) is 9.97 Å². The molecule has 98 valence electrons. The summed E-state index contributed by atoms with van der Waals surface area (Å²) in [5.74, 6) is -0.970. The summed E-state index contributed by atoms with van der Waals surface area (Å²) in [5, 5.41) is 0.722. The van der Waals surface area contributed by atoms with Crippen LogP contribution in [-0.2, 0) is 0 Å². The number of para-hydroxylation sites is 1. The van der Waals surface area contributed by atoms with Crippen LogP contribution in [0.3, 0.4) is 0 Å². The van der Waals surface area contributed by atoms with Gasteiger partial charge in [0.2, 0.25) is 0 Å². The van der Waals surface area contributed by atoms with E-state index in [0.717, 1.165) is 22.8 Å². The minimum absolute atomic E-state index is 0.0238. The van der Waals surface area contributed by atoms with E-state index in [2.05, 4.69) is 9.97 Å². The molecule has 20 heavy (non-hydrogen) atoms. The number of nitrogens with zero attached hydrogens (tertiary/aromatic N) is 2. The van der Waals surface area contributed by atoms with E-state index >= 15 is 0 Å². The van der Waals surface area contributed by atoms with Crippen molar-refractivity contribution in [3.05, 3.63) is 71.4 Å². The quantitative estimate of drug-likeness (QED) is 0.668. The lowest BCUT2D eigenvalue weighted by molar-refractivity contribution is 0.103. The fourth-order valence-corrected chi connectivity index (χ4v) is 2.20. The molecule has 0 aliphatic carbocycles. The van der Waals surface area contributed by atoms with Gasteiger partial charge in [0.25, 0.3) is 0 Å². The van der Waals surface area contributed by atoms with Crippen LogP contribution in [0.2, 0.25) is 0 Å². The molecule has 0 bridgehead atoms. The standard InChI is InChI=1S/C16H11FN2O/c1-10-8-13(11-4-2-3-5-15(11)19-10)16(20)12-6-7-18-9-14(12)17/h2-9H,1H3. The number of halogens is 1. The summed E-state index contributed by atoms with van der Waals surface area (Å²) in [7, 11) is 0. The highest BCUT2D eigenvalue weighted by molar-refractivity contribution is 6.16. The van der Waals surface area contributed by atoms with Gasteiger partial charge in [-0.2, -0.15) is 0 Å². The monoisotopic (exact) mass is 266 g/mol. The van der Waals surface area contributed by atoms with E-state index in [1.54, 1.807) is 6.07 Å². The van der Waals surface area contributed by atoms with Gasteiger partial charge >= 0.3 is 0 Å². The first-order valence-corrected chi connectivity index (χ1v) is 6.17. The molecule has 3 aromatic rings. The number of rotatable bonds is 2. The van der Waals surface area contributed by atoms with Crippen LogP contribution in [0.4, 0.5) is 4.39 Å². The zero-order valence-corrected chi connectivity index (χ0v) is 10.8. The lowest BCUT2D eigenvalue weighted by Crippen LogP contribution is -2.06. The number of aryl methyl sites for hydroxylation is 1. The van der Waals surface area contributed by atoms with E-state index in [4.69, 9.17) is 0 Å². The van der Waals surface area contributed by atoms with Crippen molar-refractivity contribution in [2.75, 3.05) is 0 Å². The second-order valence-electron chi connectivity index (χ2n) is 4.51. The highest BCUT2D eigenvalue weighted by Gasteiger charge is 2.17. The second kappa shape index (κ2) is 4.81. The van der Waals surface area contributed by atoms with Crippen molar-refractivity contribution in [3.8, 4) is 0 Å². The van der Waals surface area contributed by atoms with Crippen molar-refractivity contribution in [1.29, 1.82) is 0 Å². The first kappa shape index (κ1) is 12.4. The fourth-order valence-electron chi connectivity index (χ4n) is 2.20. The maximum Gasteiger partial charge on any atom is 0.196 e. The lowest BCUT2D eigenvalue weighted by atomic mass is 9.99. The molecule has 0 unspecified atom stereocenters. The van der Waals surface area contributed by atoms with Crippen LogP contribution < -0.4 is 0 Å². The predicted molar refractivity (Wildman–Crippen MR) is 74.1 cm³/mol. The smallest absolute Gasteiger partial charge is 0.196 e. The Bertz CT molecular complexity index is 814. The summed E-state index contributed by atoms with van der Waals surface area (Å²) in [6, 6.07) is 10.4. The Balaban J connectivity index is 2.24. The topological polar surface area (TPSA) is 42.9 Å². The van der Waals surface area contributed by atoms with Crippen LogP contribution in [0.25, 0.3) is 10.9 Å². The van der Waals surface area contributed by atoms with Crippen LogP contribution in [-0.4, -0.2) is 15.8 Å². The molecule has 3 rings (SSSR count). The van der Waals surface area contributed by atoms with Gasteiger partial charge in [-0.25, -0.2) is 4.39 Å². The molecule has 4 heteroatoms. The summed E-state index contributed by atoms with van der Waals surface area (Å²) in [6.07, 6.45) is 2.45. The zero-order chi connectivity index (χ0) is 14.1. The van der Waals surface area contributed by atoms with Gasteiger partial charge < -0.3 is 0 Å². The molecule has 0 atom stereocenters. The van der Waals surface area contributed by atoms with Gasteiger partial charge in [-0.05, 0) is 25.1 Å². The zero-order valence-electron chi connectivity index (χ0n) is 10.8. The molecule has 0 aliphatic rings. The largest absolute Gasteiger partial charge is 0.288 e. The Morgan fingerprint density at radius 1 is 1.15 bits per heavy atom. The molecule has 0 amide bonds. The normalized spacial score (nSPS) is 10.7. The minimum Gasteiger partial charge on any atom is -0.288 e. The molecule has 0 saturated heterocycles. The fraction of sp³-hybridized carbons (Fsp3) is 0.0625. The summed E-state index contributed by atoms with van der Waals surface area (Å²) in [6.45, 7) is 1.81. The number of pyridine rings is 2. The Morgan fingerprint density at radius 2 is 1.95 bits per heavy atom.